The quantitative estimate of drug-likeness (QED) is 0.439. The first-order valence-corrected chi connectivity index (χ1v) is 10.7. The normalized spacial score (nSPS) is 15.0. The Balaban J connectivity index is 1.53. The van der Waals surface area contributed by atoms with Gasteiger partial charge in [-0.2, -0.15) is 0 Å². The Morgan fingerprint density at radius 2 is 1.45 bits per heavy atom. The third-order valence-electron chi connectivity index (χ3n) is 5.66. The second-order valence-corrected chi connectivity index (χ2v) is 7.72. The molecule has 0 aliphatic carbocycles. The standard InChI is InChI=1S/C27H28N2O2/c1-31-26-15-9-8-14-24(26)20-25(23-12-6-3-7-13-23)27(30)29-18-16-28(17-19-29)21-22-10-4-2-5-11-22/h2-15,20H,16-19,21H2,1H3/b25-20-. The zero-order chi connectivity index (χ0) is 21.5. The number of benzene rings is 3. The molecule has 0 aromatic heterocycles. The molecule has 4 rings (SSSR count). The van der Waals surface area contributed by atoms with Crippen molar-refractivity contribution in [2.45, 2.75) is 6.54 Å². The second kappa shape index (κ2) is 10.1. The van der Waals surface area contributed by atoms with E-state index < -0.39 is 0 Å². The summed E-state index contributed by atoms with van der Waals surface area (Å²) in [6, 6.07) is 28.2. The van der Waals surface area contributed by atoms with Gasteiger partial charge in [0.2, 0.25) is 0 Å². The number of amides is 1. The van der Waals surface area contributed by atoms with E-state index in [1.807, 2.05) is 71.6 Å². The van der Waals surface area contributed by atoms with Crippen LogP contribution in [0.3, 0.4) is 0 Å². The predicted octanol–water partition coefficient (Wildman–Crippen LogP) is 4.58. The van der Waals surface area contributed by atoms with E-state index in [2.05, 4.69) is 29.2 Å². The van der Waals surface area contributed by atoms with E-state index in [9.17, 15) is 4.79 Å². The van der Waals surface area contributed by atoms with Crippen molar-refractivity contribution in [1.82, 2.24) is 9.80 Å². The van der Waals surface area contributed by atoms with E-state index in [1.165, 1.54) is 5.56 Å². The van der Waals surface area contributed by atoms with Gasteiger partial charge in [-0.05, 0) is 23.3 Å². The maximum absolute atomic E-state index is 13.6. The van der Waals surface area contributed by atoms with Crippen LogP contribution in [0, 0.1) is 0 Å². The van der Waals surface area contributed by atoms with Crippen LogP contribution < -0.4 is 4.74 Å². The van der Waals surface area contributed by atoms with E-state index in [0.717, 1.165) is 49.6 Å². The lowest BCUT2D eigenvalue weighted by Gasteiger charge is -2.35. The van der Waals surface area contributed by atoms with E-state index in [0.29, 0.717) is 5.57 Å². The number of carbonyl (C=O) groups excluding carboxylic acids is 1. The molecule has 1 aliphatic heterocycles. The summed E-state index contributed by atoms with van der Waals surface area (Å²) in [4.78, 5) is 17.9. The molecule has 0 N–H and O–H groups in total. The molecule has 0 radical (unpaired) electrons. The topological polar surface area (TPSA) is 32.8 Å². The predicted molar refractivity (Wildman–Crippen MR) is 126 cm³/mol. The Bertz CT molecular complexity index is 1020. The molecule has 0 bridgehead atoms. The van der Waals surface area contributed by atoms with Crippen LogP contribution in [0.1, 0.15) is 16.7 Å². The highest BCUT2D eigenvalue weighted by molar-refractivity contribution is 6.24. The van der Waals surface area contributed by atoms with Crippen LogP contribution in [-0.4, -0.2) is 49.0 Å². The summed E-state index contributed by atoms with van der Waals surface area (Å²) in [6.07, 6.45) is 1.95. The minimum atomic E-state index is 0.0662. The molecule has 1 aliphatic rings. The molecule has 3 aromatic carbocycles. The lowest BCUT2D eigenvalue weighted by Crippen LogP contribution is -2.48. The lowest BCUT2D eigenvalue weighted by atomic mass is 10.0. The smallest absolute Gasteiger partial charge is 0.254 e. The fraction of sp³-hybridized carbons (Fsp3) is 0.222. The molecule has 1 heterocycles. The minimum absolute atomic E-state index is 0.0662. The van der Waals surface area contributed by atoms with Crippen LogP contribution >= 0.6 is 0 Å². The maximum Gasteiger partial charge on any atom is 0.254 e. The van der Waals surface area contributed by atoms with Crippen LogP contribution in [0.2, 0.25) is 0 Å². The van der Waals surface area contributed by atoms with E-state index in [4.69, 9.17) is 4.74 Å². The molecule has 158 valence electrons. The largest absolute Gasteiger partial charge is 0.496 e. The molecule has 1 fully saturated rings. The van der Waals surface area contributed by atoms with Crippen molar-refractivity contribution in [1.29, 1.82) is 0 Å². The zero-order valence-electron chi connectivity index (χ0n) is 17.9. The number of rotatable bonds is 6. The summed E-state index contributed by atoms with van der Waals surface area (Å²) in [6.45, 7) is 4.11. The third-order valence-corrected chi connectivity index (χ3v) is 5.66. The first-order valence-electron chi connectivity index (χ1n) is 10.7. The maximum atomic E-state index is 13.6. The van der Waals surface area contributed by atoms with Crippen LogP contribution in [0.5, 0.6) is 5.75 Å². The summed E-state index contributed by atoms with van der Waals surface area (Å²) in [5.41, 5.74) is 3.83. The van der Waals surface area contributed by atoms with Crippen LogP contribution in [0.15, 0.2) is 84.9 Å². The van der Waals surface area contributed by atoms with Gasteiger partial charge >= 0.3 is 0 Å². The molecule has 31 heavy (non-hydrogen) atoms. The first kappa shape index (κ1) is 20.9. The van der Waals surface area contributed by atoms with Crippen molar-refractivity contribution in [2.75, 3.05) is 33.3 Å². The zero-order valence-corrected chi connectivity index (χ0v) is 17.9. The van der Waals surface area contributed by atoms with Crippen LogP contribution in [0.25, 0.3) is 11.6 Å². The summed E-state index contributed by atoms with van der Waals surface area (Å²) in [5.74, 6) is 0.827. The van der Waals surface area contributed by atoms with E-state index in [1.54, 1.807) is 7.11 Å². The Hall–Kier alpha value is -3.37. The monoisotopic (exact) mass is 412 g/mol. The second-order valence-electron chi connectivity index (χ2n) is 7.72. The molecule has 0 atom stereocenters. The highest BCUT2D eigenvalue weighted by Gasteiger charge is 2.24. The number of para-hydroxylation sites is 1. The first-order chi connectivity index (χ1) is 15.2. The average Bonchev–Trinajstić information content (AvgIpc) is 2.84. The molecule has 0 spiro atoms. The fourth-order valence-corrected chi connectivity index (χ4v) is 3.95. The molecular weight excluding hydrogens is 384 g/mol. The summed E-state index contributed by atoms with van der Waals surface area (Å²) in [5, 5.41) is 0. The Kier molecular flexibility index (Phi) is 6.80. The molecule has 1 amide bonds. The molecule has 0 saturated carbocycles. The lowest BCUT2D eigenvalue weighted by molar-refractivity contribution is -0.126. The number of nitrogens with zero attached hydrogens (tertiary/aromatic N) is 2. The van der Waals surface area contributed by atoms with E-state index in [-0.39, 0.29) is 5.91 Å². The van der Waals surface area contributed by atoms with Gasteiger partial charge in [-0.15, -0.1) is 0 Å². The minimum Gasteiger partial charge on any atom is -0.496 e. The number of hydrogen-bond donors (Lipinski definition) is 0. The van der Waals surface area contributed by atoms with Crippen molar-refractivity contribution in [2.24, 2.45) is 0 Å². The molecule has 3 aromatic rings. The van der Waals surface area contributed by atoms with Gasteiger partial charge < -0.3 is 9.64 Å². The van der Waals surface area contributed by atoms with Gasteiger partial charge in [-0.1, -0.05) is 78.9 Å². The number of carbonyl (C=O) groups is 1. The number of methoxy groups -OCH3 is 1. The molecular formula is C27H28N2O2. The van der Waals surface area contributed by atoms with Gasteiger partial charge in [0.1, 0.15) is 5.75 Å². The van der Waals surface area contributed by atoms with Gasteiger partial charge in [-0.25, -0.2) is 0 Å². The van der Waals surface area contributed by atoms with Crippen molar-refractivity contribution in [3.8, 4) is 5.75 Å². The number of piperazine rings is 1. The SMILES string of the molecule is COc1ccccc1/C=C(\C(=O)N1CCN(Cc2ccccc2)CC1)c1ccccc1. The van der Waals surface area contributed by atoms with Gasteiger partial charge in [0, 0.05) is 43.9 Å². The summed E-state index contributed by atoms with van der Waals surface area (Å²) >= 11 is 0. The number of hydrogen-bond acceptors (Lipinski definition) is 3. The highest BCUT2D eigenvalue weighted by atomic mass is 16.5. The average molecular weight is 413 g/mol. The third kappa shape index (κ3) is 5.22. The van der Waals surface area contributed by atoms with Gasteiger partial charge in [0.25, 0.3) is 5.91 Å². The van der Waals surface area contributed by atoms with Crippen molar-refractivity contribution >= 4 is 17.6 Å². The number of ether oxygens (including phenoxy) is 1. The Morgan fingerprint density at radius 1 is 0.839 bits per heavy atom. The van der Waals surface area contributed by atoms with Gasteiger partial charge in [-0.3, -0.25) is 9.69 Å². The van der Waals surface area contributed by atoms with Crippen molar-refractivity contribution < 1.29 is 9.53 Å². The van der Waals surface area contributed by atoms with E-state index >= 15 is 0 Å². The van der Waals surface area contributed by atoms with Crippen LogP contribution in [0.4, 0.5) is 0 Å². The van der Waals surface area contributed by atoms with Crippen molar-refractivity contribution in [3.05, 3.63) is 102 Å². The van der Waals surface area contributed by atoms with Gasteiger partial charge in [0.15, 0.2) is 0 Å². The van der Waals surface area contributed by atoms with Crippen molar-refractivity contribution in [3.63, 3.8) is 0 Å². The highest BCUT2D eigenvalue weighted by Crippen LogP contribution is 2.26. The molecule has 4 heteroatoms. The van der Waals surface area contributed by atoms with Crippen LogP contribution in [-0.2, 0) is 11.3 Å². The summed E-state index contributed by atoms with van der Waals surface area (Å²) < 4.78 is 5.50. The summed E-state index contributed by atoms with van der Waals surface area (Å²) in [7, 11) is 1.66. The molecule has 1 saturated heterocycles. The van der Waals surface area contributed by atoms with Gasteiger partial charge in [0.05, 0.1) is 7.11 Å². The molecule has 4 nitrogen and oxygen atoms in total. The Labute approximate surface area is 184 Å². The molecule has 0 unspecified atom stereocenters. The fourth-order valence-electron chi connectivity index (χ4n) is 3.95. The Morgan fingerprint density at radius 3 is 2.13 bits per heavy atom.